The minimum absolute atomic E-state index is 0.0471. The average Bonchev–Trinajstić information content (AvgIpc) is 3.45. The number of ether oxygens (including phenoxy) is 2. The molecule has 47 heavy (non-hydrogen) atoms. The molecule has 2 aromatic carbocycles. The summed E-state index contributed by atoms with van der Waals surface area (Å²) in [6, 6.07) is 15.0. The molecule has 0 aliphatic heterocycles. The van der Waals surface area contributed by atoms with Crippen molar-refractivity contribution >= 4 is 52.1 Å². The molecule has 12 nitrogen and oxygen atoms in total. The van der Waals surface area contributed by atoms with Gasteiger partial charge in [0.15, 0.2) is 5.11 Å². The SMILES string of the molecule is CCOC(=O)CCNC(=S)NCCCCC(NC(=O)OCc1ccccc1)C(=O)NC(Cc1c[nH]c2ccccc12)C(=O)NC(C)C. The third-order valence-corrected chi connectivity index (χ3v) is 7.40. The number of thiocarbonyl (C=S) groups is 1. The second-order valence-corrected chi connectivity index (χ2v) is 11.7. The molecule has 0 saturated heterocycles. The van der Waals surface area contributed by atoms with E-state index in [1.54, 1.807) is 6.92 Å². The summed E-state index contributed by atoms with van der Waals surface area (Å²) in [6.45, 7) is 6.70. The molecule has 13 heteroatoms. The molecule has 2 unspecified atom stereocenters. The summed E-state index contributed by atoms with van der Waals surface area (Å²) >= 11 is 5.27. The van der Waals surface area contributed by atoms with Gasteiger partial charge in [0.1, 0.15) is 18.7 Å². The smallest absolute Gasteiger partial charge is 0.408 e. The number of hydrogen-bond donors (Lipinski definition) is 6. The van der Waals surface area contributed by atoms with E-state index in [0.717, 1.165) is 22.0 Å². The van der Waals surface area contributed by atoms with Crippen LogP contribution < -0.4 is 26.6 Å². The first kappa shape index (κ1) is 36.8. The lowest BCUT2D eigenvalue weighted by atomic mass is 10.0. The summed E-state index contributed by atoms with van der Waals surface area (Å²) in [7, 11) is 0. The molecule has 3 amide bonds. The van der Waals surface area contributed by atoms with Gasteiger partial charge in [0.25, 0.3) is 0 Å². The number of unbranched alkanes of at least 4 members (excludes halogenated alkanes) is 1. The Labute approximate surface area is 281 Å². The van der Waals surface area contributed by atoms with Crippen LogP contribution in [-0.2, 0) is 36.9 Å². The van der Waals surface area contributed by atoms with Crippen LogP contribution in [0.4, 0.5) is 4.79 Å². The fraction of sp³-hybridized carbons (Fsp3) is 0.441. The summed E-state index contributed by atoms with van der Waals surface area (Å²) in [5.41, 5.74) is 2.63. The number of aromatic nitrogens is 1. The highest BCUT2D eigenvalue weighted by Crippen LogP contribution is 2.19. The number of alkyl carbamates (subject to hydrolysis) is 1. The molecule has 0 saturated carbocycles. The number of amides is 3. The summed E-state index contributed by atoms with van der Waals surface area (Å²) < 4.78 is 10.3. The number of benzene rings is 2. The molecule has 3 rings (SSSR count). The summed E-state index contributed by atoms with van der Waals surface area (Å²) in [5, 5.41) is 15.9. The van der Waals surface area contributed by atoms with Crippen LogP contribution in [0.25, 0.3) is 10.9 Å². The maximum absolute atomic E-state index is 13.7. The Morgan fingerprint density at radius 1 is 0.830 bits per heavy atom. The maximum atomic E-state index is 13.7. The fourth-order valence-electron chi connectivity index (χ4n) is 4.81. The predicted molar refractivity (Wildman–Crippen MR) is 184 cm³/mol. The number of carbonyl (C=O) groups excluding carboxylic acids is 4. The topological polar surface area (TPSA) is 163 Å². The molecule has 0 aliphatic rings. The van der Waals surface area contributed by atoms with Gasteiger partial charge in [-0.3, -0.25) is 14.4 Å². The van der Waals surface area contributed by atoms with Gasteiger partial charge >= 0.3 is 12.1 Å². The zero-order valence-electron chi connectivity index (χ0n) is 27.2. The van der Waals surface area contributed by atoms with Gasteiger partial charge in [0, 0.05) is 42.7 Å². The Bertz CT molecular complexity index is 1460. The maximum Gasteiger partial charge on any atom is 0.408 e. The second kappa shape index (κ2) is 19.8. The van der Waals surface area contributed by atoms with Gasteiger partial charge in [0.2, 0.25) is 11.8 Å². The number of rotatable bonds is 18. The molecule has 1 aromatic heterocycles. The largest absolute Gasteiger partial charge is 0.466 e. The van der Waals surface area contributed by atoms with E-state index in [9.17, 15) is 19.2 Å². The van der Waals surface area contributed by atoms with E-state index in [1.807, 2.05) is 74.6 Å². The number of aromatic amines is 1. The van der Waals surface area contributed by atoms with E-state index in [1.165, 1.54) is 0 Å². The molecule has 0 fully saturated rings. The molecule has 254 valence electrons. The van der Waals surface area contributed by atoms with Gasteiger partial charge < -0.3 is 41.0 Å². The van der Waals surface area contributed by atoms with E-state index in [0.29, 0.717) is 44.1 Å². The number of H-pyrrole nitrogens is 1. The molecule has 1 heterocycles. The number of carbonyl (C=O) groups is 4. The standard InChI is InChI=1S/C34H46N6O6S/c1-4-45-30(41)17-19-36-33(47)35-18-11-10-16-28(40-34(44)46-22-24-12-6-5-7-13-24)31(42)39-29(32(43)38-23(2)3)20-25-21-37-27-15-9-8-14-26(25)27/h5-9,12-15,21,23,28-29,37H,4,10-11,16-20,22H2,1-3H3,(H,38,43)(H,39,42)(H,40,44)(H2,35,36,47). The third-order valence-electron chi connectivity index (χ3n) is 7.11. The second-order valence-electron chi connectivity index (χ2n) is 11.3. The van der Waals surface area contributed by atoms with E-state index in [4.69, 9.17) is 21.7 Å². The first-order valence-electron chi connectivity index (χ1n) is 16.0. The molecular weight excluding hydrogens is 620 g/mol. The lowest BCUT2D eigenvalue weighted by Crippen LogP contribution is -2.55. The fourth-order valence-corrected chi connectivity index (χ4v) is 5.02. The van der Waals surface area contributed by atoms with E-state index < -0.39 is 24.1 Å². The van der Waals surface area contributed by atoms with E-state index >= 15 is 0 Å². The van der Waals surface area contributed by atoms with E-state index in [-0.39, 0.29) is 37.4 Å². The zero-order chi connectivity index (χ0) is 34.0. The van der Waals surface area contributed by atoms with Crippen molar-refractivity contribution in [3.8, 4) is 0 Å². The third kappa shape index (κ3) is 13.3. The van der Waals surface area contributed by atoms with Crippen LogP contribution in [0.3, 0.4) is 0 Å². The summed E-state index contributed by atoms with van der Waals surface area (Å²) in [6.07, 6.45) is 3.05. The number of nitrogens with one attached hydrogen (secondary N) is 6. The van der Waals surface area contributed by atoms with Gasteiger partial charge in [-0.25, -0.2) is 4.79 Å². The van der Waals surface area contributed by atoms with Gasteiger partial charge in [-0.05, 0) is 69.4 Å². The molecular formula is C34H46N6O6S. The van der Waals surface area contributed by atoms with Crippen LogP contribution in [0.2, 0.25) is 0 Å². The van der Waals surface area contributed by atoms with Crippen molar-refractivity contribution in [1.82, 2.24) is 31.6 Å². The zero-order valence-corrected chi connectivity index (χ0v) is 28.0. The lowest BCUT2D eigenvalue weighted by molar-refractivity contribution is -0.142. The van der Waals surface area contributed by atoms with Crippen LogP contribution in [0.5, 0.6) is 0 Å². The van der Waals surface area contributed by atoms with Crippen molar-refractivity contribution in [1.29, 1.82) is 0 Å². The average molecular weight is 667 g/mol. The molecule has 0 bridgehead atoms. The predicted octanol–water partition coefficient (Wildman–Crippen LogP) is 3.60. The summed E-state index contributed by atoms with van der Waals surface area (Å²) in [4.78, 5) is 54.5. The van der Waals surface area contributed by atoms with Crippen LogP contribution in [0.1, 0.15) is 57.6 Å². The lowest BCUT2D eigenvalue weighted by Gasteiger charge is -2.24. The Hall–Kier alpha value is -4.65. The molecule has 6 N–H and O–H groups in total. The van der Waals surface area contributed by atoms with Crippen molar-refractivity contribution < 1.29 is 28.7 Å². The van der Waals surface area contributed by atoms with Crippen molar-refractivity contribution in [3.63, 3.8) is 0 Å². The number of para-hydroxylation sites is 1. The normalized spacial score (nSPS) is 12.1. The van der Waals surface area contributed by atoms with Gasteiger partial charge in [-0.1, -0.05) is 48.5 Å². The van der Waals surface area contributed by atoms with Gasteiger partial charge in [-0.15, -0.1) is 0 Å². The van der Waals surface area contributed by atoms with Crippen LogP contribution >= 0.6 is 12.2 Å². The molecule has 2 atom stereocenters. The van der Waals surface area contributed by atoms with Crippen LogP contribution in [0.15, 0.2) is 60.8 Å². The minimum atomic E-state index is -0.953. The first-order valence-corrected chi connectivity index (χ1v) is 16.4. The minimum Gasteiger partial charge on any atom is -0.466 e. The van der Waals surface area contributed by atoms with Gasteiger partial charge in [0.05, 0.1) is 13.0 Å². The van der Waals surface area contributed by atoms with Crippen LogP contribution in [0, 0.1) is 0 Å². The highest BCUT2D eigenvalue weighted by molar-refractivity contribution is 7.80. The van der Waals surface area contributed by atoms with Crippen LogP contribution in [-0.4, -0.2) is 71.8 Å². The van der Waals surface area contributed by atoms with Crippen molar-refractivity contribution in [2.45, 2.75) is 77.6 Å². The molecule has 0 radical (unpaired) electrons. The Balaban J connectivity index is 1.62. The Morgan fingerprint density at radius 3 is 2.28 bits per heavy atom. The molecule has 3 aromatic rings. The number of fused-ring (bicyclic) bond motifs is 1. The van der Waals surface area contributed by atoms with E-state index in [2.05, 4.69) is 31.6 Å². The Kier molecular flexibility index (Phi) is 15.5. The van der Waals surface area contributed by atoms with Gasteiger partial charge in [-0.2, -0.15) is 0 Å². The molecule has 0 aliphatic carbocycles. The summed E-state index contributed by atoms with van der Waals surface area (Å²) in [5.74, 6) is -1.11. The van der Waals surface area contributed by atoms with Crippen molar-refractivity contribution in [3.05, 3.63) is 71.9 Å². The highest BCUT2D eigenvalue weighted by atomic mass is 32.1. The van der Waals surface area contributed by atoms with Crippen molar-refractivity contribution in [2.24, 2.45) is 0 Å². The number of hydrogen-bond acceptors (Lipinski definition) is 7. The Morgan fingerprint density at radius 2 is 1.53 bits per heavy atom. The highest BCUT2D eigenvalue weighted by Gasteiger charge is 2.28. The quantitative estimate of drug-likeness (QED) is 0.0677. The number of esters is 1. The van der Waals surface area contributed by atoms with Crippen molar-refractivity contribution in [2.75, 3.05) is 19.7 Å². The first-order chi connectivity index (χ1) is 22.7. The molecule has 0 spiro atoms. The monoisotopic (exact) mass is 666 g/mol.